The Balaban J connectivity index is 2.39. The third kappa shape index (κ3) is 2.59. The Bertz CT molecular complexity index is 600. The Kier molecular flexibility index (Phi) is 3.55. The SMILES string of the molecule is COC(=O)c1c(Oc2ccc(C)cc2)c(C)nn1C. The van der Waals surface area contributed by atoms with Crippen LogP contribution in [0.25, 0.3) is 0 Å². The number of carbonyl (C=O) groups is 1. The Hall–Kier alpha value is -2.30. The van der Waals surface area contributed by atoms with Crippen molar-refractivity contribution in [3.05, 3.63) is 41.2 Å². The standard InChI is InChI=1S/C14H16N2O3/c1-9-5-7-11(8-6-9)19-13-10(2)15-16(3)12(13)14(17)18-4/h5-8H,1-4H3. The van der Waals surface area contributed by atoms with Gasteiger partial charge < -0.3 is 9.47 Å². The molecule has 0 fully saturated rings. The first-order valence-corrected chi connectivity index (χ1v) is 5.89. The summed E-state index contributed by atoms with van der Waals surface area (Å²) in [5.74, 6) is 0.621. The van der Waals surface area contributed by atoms with Crippen LogP contribution in [0, 0.1) is 13.8 Å². The molecule has 0 saturated heterocycles. The van der Waals surface area contributed by atoms with Gasteiger partial charge in [-0.05, 0) is 26.0 Å². The molecule has 0 unspecified atom stereocenters. The van der Waals surface area contributed by atoms with Crippen molar-refractivity contribution in [1.82, 2.24) is 9.78 Å². The third-order valence-corrected chi connectivity index (χ3v) is 2.79. The molecule has 0 radical (unpaired) electrons. The first kappa shape index (κ1) is 13.1. The molecule has 1 aromatic carbocycles. The normalized spacial score (nSPS) is 10.3. The largest absolute Gasteiger partial charge is 0.464 e. The molecule has 2 rings (SSSR count). The van der Waals surface area contributed by atoms with E-state index in [2.05, 4.69) is 5.10 Å². The Morgan fingerprint density at radius 3 is 2.42 bits per heavy atom. The molecule has 0 amide bonds. The molecule has 0 aliphatic carbocycles. The predicted octanol–water partition coefficient (Wildman–Crippen LogP) is 2.62. The van der Waals surface area contributed by atoms with E-state index in [9.17, 15) is 4.79 Å². The summed E-state index contributed by atoms with van der Waals surface area (Å²) in [6, 6.07) is 7.59. The zero-order valence-electron chi connectivity index (χ0n) is 11.4. The summed E-state index contributed by atoms with van der Waals surface area (Å²) in [6.45, 7) is 3.79. The van der Waals surface area contributed by atoms with Crippen LogP contribution < -0.4 is 4.74 Å². The van der Waals surface area contributed by atoms with Gasteiger partial charge in [0, 0.05) is 7.05 Å². The number of hydrogen-bond donors (Lipinski definition) is 0. The molecule has 1 heterocycles. The number of aryl methyl sites for hydroxylation is 3. The van der Waals surface area contributed by atoms with Gasteiger partial charge in [-0.2, -0.15) is 5.10 Å². The Morgan fingerprint density at radius 2 is 1.84 bits per heavy atom. The van der Waals surface area contributed by atoms with Gasteiger partial charge in [-0.15, -0.1) is 0 Å². The number of hydrogen-bond acceptors (Lipinski definition) is 4. The van der Waals surface area contributed by atoms with Crippen LogP contribution in [-0.2, 0) is 11.8 Å². The summed E-state index contributed by atoms with van der Waals surface area (Å²) in [6.07, 6.45) is 0. The van der Waals surface area contributed by atoms with Crippen molar-refractivity contribution in [3.63, 3.8) is 0 Å². The van der Waals surface area contributed by atoms with Gasteiger partial charge in [-0.3, -0.25) is 4.68 Å². The molecule has 100 valence electrons. The second kappa shape index (κ2) is 5.14. The van der Waals surface area contributed by atoms with E-state index >= 15 is 0 Å². The molecule has 0 aliphatic rings. The fourth-order valence-corrected chi connectivity index (χ4v) is 1.81. The summed E-state index contributed by atoms with van der Waals surface area (Å²) < 4.78 is 12.0. The van der Waals surface area contributed by atoms with Crippen molar-refractivity contribution in [3.8, 4) is 11.5 Å². The van der Waals surface area contributed by atoms with E-state index in [0.717, 1.165) is 5.56 Å². The Labute approximate surface area is 111 Å². The van der Waals surface area contributed by atoms with Crippen molar-refractivity contribution in [2.45, 2.75) is 13.8 Å². The number of nitrogens with zero attached hydrogens (tertiary/aromatic N) is 2. The first-order chi connectivity index (χ1) is 9.02. The average molecular weight is 260 g/mol. The van der Waals surface area contributed by atoms with E-state index in [-0.39, 0.29) is 0 Å². The highest BCUT2D eigenvalue weighted by atomic mass is 16.5. The lowest BCUT2D eigenvalue weighted by atomic mass is 10.2. The van der Waals surface area contributed by atoms with Gasteiger partial charge in [0.25, 0.3) is 0 Å². The van der Waals surface area contributed by atoms with E-state index < -0.39 is 5.97 Å². The summed E-state index contributed by atoms with van der Waals surface area (Å²) in [4.78, 5) is 11.7. The second-order valence-corrected chi connectivity index (χ2v) is 4.29. The van der Waals surface area contributed by atoms with Crippen molar-refractivity contribution in [1.29, 1.82) is 0 Å². The van der Waals surface area contributed by atoms with Gasteiger partial charge in [-0.1, -0.05) is 17.7 Å². The van der Waals surface area contributed by atoms with Crippen LogP contribution in [0.3, 0.4) is 0 Å². The molecule has 0 aliphatic heterocycles. The molecule has 0 atom stereocenters. The van der Waals surface area contributed by atoms with Crippen LogP contribution in [0.5, 0.6) is 11.5 Å². The van der Waals surface area contributed by atoms with E-state index in [0.29, 0.717) is 22.9 Å². The molecule has 5 heteroatoms. The van der Waals surface area contributed by atoms with E-state index in [1.54, 1.807) is 14.0 Å². The van der Waals surface area contributed by atoms with E-state index in [1.165, 1.54) is 11.8 Å². The quantitative estimate of drug-likeness (QED) is 0.796. The summed E-state index contributed by atoms with van der Waals surface area (Å²) in [7, 11) is 3.02. The monoisotopic (exact) mass is 260 g/mol. The lowest BCUT2D eigenvalue weighted by Crippen LogP contribution is -2.09. The summed E-state index contributed by atoms with van der Waals surface area (Å²) in [5.41, 5.74) is 2.09. The minimum atomic E-state index is -0.467. The molecule has 0 bridgehead atoms. The molecule has 0 N–H and O–H groups in total. The number of methoxy groups -OCH3 is 1. The van der Waals surface area contributed by atoms with Crippen molar-refractivity contribution < 1.29 is 14.3 Å². The highest BCUT2D eigenvalue weighted by Crippen LogP contribution is 2.29. The average Bonchev–Trinajstić information content (AvgIpc) is 2.66. The zero-order chi connectivity index (χ0) is 14.0. The molecular formula is C14H16N2O3. The smallest absolute Gasteiger partial charge is 0.360 e. The van der Waals surface area contributed by atoms with Crippen LogP contribution in [-0.4, -0.2) is 22.9 Å². The lowest BCUT2D eigenvalue weighted by molar-refractivity contribution is 0.0585. The molecule has 1 aromatic heterocycles. The maximum atomic E-state index is 11.7. The number of ether oxygens (including phenoxy) is 2. The predicted molar refractivity (Wildman–Crippen MR) is 70.5 cm³/mol. The van der Waals surface area contributed by atoms with Crippen molar-refractivity contribution in [2.75, 3.05) is 7.11 Å². The number of carbonyl (C=O) groups excluding carboxylic acids is 1. The minimum Gasteiger partial charge on any atom is -0.464 e. The molecule has 19 heavy (non-hydrogen) atoms. The molecule has 0 saturated carbocycles. The highest BCUT2D eigenvalue weighted by Gasteiger charge is 2.22. The summed E-state index contributed by atoms with van der Waals surface area (Å²) >= 11 is 0. The lowest BCUT2D eigenvalue weighted by Gasteiger charge is -2.07. The van der Waals surface area contributed by atoms with Crippen LogP contribution in [0.2, 0.25) is 0 Å². The topological polar surface area (TPSA) is 53.4 Å². The van der Waals surface area contributed by atoms with Crippen LogP contribution >= 0.6 is 0 Å². The fraction of sp³-hybridized carbons (Fsp3) is 0.286. The number of rotatable bonds is 3. The van der Waals surface area contributed by atoms with E-state index in [1.807, 2.05) is 31.2 Å². The van der Waals surface area contributed by atoms with Gasteiger partial charge in [0.15, 0.2) is 11.4 Å². The number of aromatic nitrogens is 2. The fourth-order valence-electron chi connectivity index (χ4n) is 1.81. The molecule has 0 spiro atoms. The Morgan fingerprint density at radius 1 is 1.21 bits per heavy atom. The van der Waals surface area contributed by atoms with Crippen LogP contribution in [0.4, 0.5) is 0 Å². The molecule has 2 aromatic rings. The van der Waals surface area contributed by atoms with Gasteiger partial charge in [-0.25, -0.2) is 4.79 Å². The van der Waals surface area contributed by atoms with Crippen LogP contribution in [0.15, 0.2) is 24.3 Å². The van der Waals surface area contributed by atoms with E-state index in [4.69, 9.17) is 9.47 Å². The maximum absolute atomic E-state index is 11.7. The van der Waals surface area contributed by atoms with Gasteiger partial charge in [0.1, 0.15) is 11.4 Å². The summed E-state index contributed by atoms with van der Waals surface area (Å²) in [5, 5.41) is 4.18. The first-order valence-electron chi connectivity index (χ1n) is 5.89. The second-order valence-electron chi connectivity index (χ2n) is 4.29. The highest BCUT2D eigenvalue weighted by molar-refractivity contribution is 5.91. The van der Waals surface area contributed by atoms with Gasteiger partial charge in [0.05, 0.1) is 7.11 Å². The van der Waals surface area contributed by atoms with Crippen molar-refractivity contribution in [2.24, 2.45) is 7.05 Å². The number of benzene rings is 1. The molecular weight excluding hydrogens is 244 g/mol. The minimum absolute atomic E-state index is 0.306. The molecule has 5 nitrogen and oxygen atoms in total. The third-order valence-electron chi connectivity index (χ3n) is 2.79. The zero-order valence-corrected chi connectivity index (χ0v) is 11.4. The maximum Gasteiger partial charge on any atom is 0.360 e. The van der Waals surface area contributed by atoms with Gasteiger partial charge >= 0.3 is 5.97 Å². The van der Waals surface area contributed by atoms with Gasteiger partial charge in [0.2, 0.25) is 0 Å². The van der Waals surface area contributed by atoms with Crippen molar-refractivity contribution >= 4 is 5.97 Å². The van der Waals surface area contributed by atoms with Crippen LogP contribution in [0.1, 0.15) is 21.7 Å². The number of esters is 1.